The summed E-state index contributed by atoms with van der Waals surface area (Å²) in [4.78, 5) is 0. The van der Waals surface area contributed by atoms with Gasteiger partial charge in [0.2, 0.25) is 0 Å². The van der Waals surface area contributed by atoms with Gasteiger partial charge in [0.1, 0.15) is 0 Å². The molecule has 2 nitrogen and oxygen atoms in total. The Morgan fingerprint density at radius 2 is 0.962 bits per heavy atom. The molecule has 10 aromatic rings. The zero-order chi connectivity index (χ0) is 35.0. The van der Waals surface area contributed by atoms with Gasteiger partial charge in [-0.25, -0.2) is 0 Å². The zero-order valence-corrected chi connectivity index (χ0v) is 29.1. The van der Waals surface area contributed by atoms with Crippen molar-refractivity contribution < 1.29 is 0 Å². The first-order chi connectivity index (χ1) is 26.2. The van der Waals surface area contributed by atoms with Crippen LogP contribution in [0.2, 0.25) is 0 Å². The van der Waals surface area contributed by atoms with Gasteiger partial charge in [0.15, 0.2) is 0 Å². The molecule has 0 radical (unpaired) electrons. The number of para-hydroxylation sites is 3. The molecule has 0 fully saturated rings. The topological polar surface area (TPSA) is 9.86 Å². The van der Waals surface area contributed by atoms with Crippen LogP contribution in [0.4, 0.5) is 0 Å². The highest BCUT2D eigenvalue weighted by Crippen LogP contribution is 2.45. The van der Waals surface area contributed by atoms with Crippen LogP contribution in [-0.4, -0.2) is 9.13 Å². The molecule has 0 N–H and O–H groups in total. The van der Waals surface area contributed by atoms with E-state index in [9.17, 15) is 0 Å². The molecule has 1 aliphatic rings. The quantitative estimate of drug-likeness (QED) is 0.172. The van der Waals surface area contributed by atoms with E-state index in [2.05, 4.69) is 198 Å². The number of benzene rings is 8. The second-order valence-corrected chi connectivity index (χ2v) is 14.2. The first kappa shape index (κ1) is 29.8. The van der Waals surface area contributed by atoms with Crippen molar-refractivity contribution >= 4 is 49.2 Å². The number of rotatable bonds is 5. The van der Waals surface area contributed by atoms with E-state index >= 15 is 0 Å². The van der Waals surface area contributed by atoms with Crippen molar-refractivity contribution in [3.05, 3.63) is 211 Å². The molecule has 0 unspecified atom stereocenters. The van der Waals surface area contributed by atoms with Gasteiger partial charge in [0.05, 0.1) is 22.1 Å². The summed E-state index contributed by atoms with van der Waals surface area (Å²) in [6.07, 6.45) is 0.841. The van der Waals surface area contributed by atoms with Crippen molar-refractivity contribution in [1.29, 1.82) is 0 Å². The first-order valence-corrected chi connectivity index (χ1v) is 18.3. The van der Waals surface area contributed by atoms with Crippen molar-refractivity contribution in [1.82, 2.24) is 9.13 Å². The largest absolute Gasteiger partial charge is 0.309 e. The van der Waals surface area contributed by atoms with Crippen molar-refractivity contribution in [3.63, 3.8) is 0 Å². The number of hydrogen-bond acceptors (Lipinski definition) is 0. The Morgan fingerprint density at radius 1 is 0.377 bits per heavy atom. The lowest BCUT2D eigenvalue weighted by molar-refractivity contribution is 1.13. The highest BCUT2D eigenvalue weighted by molar-refractivity contribution is 6.12. The molecule has 2 heterocycles. The molecule has 0 saturated heterocycles. The van der Waals surface area contributed by atoms with Gasteiger partial charge in [-0.2, -0.15) is 0 Å². The van der Waals surface area contributed by atoms with Crippen LogP contribution >= 0.6 is 0 Å². The van der Waals surface area contributed by atoms with Gasteiger partial charge >= 0.3 is 0 Å². The van der Waals surface area contributed by atoms with Crippen LogP contribution in [0.3, 0.4) is 0 Å². The molecule has 248 valence electrons. The van der Waals surface area contributed by atoms with Crippen LogP contribution in [0.15, 0.2) is 189 Å². The third-order valence-electron chi connectivity index (χ3n) is 11.3. The smallest absolute Gasteiger partial charge is 0.0547 e. The monoisotopic (exact) mass is 674 g/mol. The maximum atomic E-state index is 4.53. The Bertz CT molecular complexity index is 3100. The van der Waals surface area contributed by atoms with Crippen molar-refractivity contribution in [2.45, 2.75) is 6.42 Å². The summed E-state index contributed by atoms with van der Waals surface area (Å²) in [6.45, 7) is 4.53. The average Bonchev–Trinajstić information content (AvgIpc) is 3.83. The van der Waals surface area contributed by atoms with Gasteiger partial charge in [0, 0.05) is 32.9 Å². The molecule has 53 heavy (non-hydrogen) atoms. The zero-order valence-electron chi connectivity index (χ0n) is 29.1. The summed E-state index contributed by atoms with van der Waals surface area (Å²) in [5.41, 5.74) is 18.4. The van der Waals surface area contributed by atoms with Crippen molar-refractivity contribution in [3.8, 4) is 33.6 Å². The molecule has 0 bridgehead atoms. The van der Waals surface area contributed by atoms with Gasteiger partial charge in [-0.15, -0.1) is 0 Å². The summed E-state index contributed by atoms with van der Waals surface area (Å²) in [7, 11) is 0. The molecular weight excluding hydrogens is 641 g/mol. The van der Waals surface area contributed by atoms with Gasteiger partial charge in [-0.05, 0) is 111 Å². The molecule has 0 amide bonds. The maximum absolute atomic E-state index is 4.53. The molecule has 2 heteroatoms. The van der Waals surface area contributed by atoms with E-state index < -0.39 is 0 Å². The predicted octanol–water partition coefficient (Wildman–Crippen LogP) is 13.2. The molecule has 2 aromatic heterocycles. The van der Waals surface area contributed by atoms with E-state index in [1.807, 2.05) is 0 Å². The van der Waals surface area contributed by atoms with E-state index in [4.69, 9.17) is 0 Å². The molecule has 0 saturated carbocycles. The van der Waals surface area contributed by atoms with Crippen LogP contribution < -0.4 is 0 Å². The summed E-state index contributed by atoms with van der Waals surface area (Å²) >= 11 is 0. The first-order valence-electron chi connectivity index (χ1n) is 18.3. The lowest BCUT2D eigenvalue weighted by atomic mass is 9.94. The van der Waals surface area contributed by atoms with Crippen LogP contribution in [0.5, 0.6) is 0 Å². The number of fused-ring (bicyclic) bond motifs is 9. The van der Waals surface area contributed by atoms with Crippen molar-refractivity contribution in [2.24, 2.45) is 0 Å². The highest BCUT2D eigenvalue weighted by atomic mass is 15.0. The summed E-state index contributed by atoms with van der Waals surface area (Å²) in [5.74, 6) is 0. The summed E-state index contributed by atoms with van der Waals surface area (Å²) < 4.78 is 4.82. The summed E-state index contributed by atoms with van der Waals surface area (Å²) in [5, 5.41) is 5.04. The minimum Gasteiger partial charge on any atom is -0.309 e. The Labute approximate surface area is 308 Å². The molecule has 1 aliphatic carbocycles. The molecule has 8 aromatic carbocycles. The Morgan fingerprint density at radius 3 is 1.79 bits per heavy atom. The molecule has 11 rings (SSSR count). The minimum atomic E-state index is 0.841. The Balaban J connectivity index is 1.02. The second-order valence-electron chi connectivity index (χ2n) is 14.2. The van der Waals surface area contributed by atoms with Gasteiger partial charge in [-0.1, -0.05) is 134 Å². The van der Waals surface area contributed by atoms with E-state index in [-0.39, 0.29) is 0 Å². The fourth-order valence-electron chi connectivity index (χ4n) is 8.91. The number of aromatic nitrogens is 2. The minimum absolute atomic E-state index is 0.841. The predicted molar refractivity (Wildman–Crippen MR) is 223 cm³/mol. The number of hydrogen-bond donors (Lipinski definition) is 0. The number of nitrogens with zero attached hydrogens (tertiary/aromatic N) is 2. The van der Waals surface area contributed by atoms with Crippen LogP contribution in [-0.2, 0) is 6.42 Å². The van der Waals surface area contributed by atoms with Crippen molar-refractivity contribution in [2.75, 3.05) is 0 Å². The maximum Gasteiger partial charge on any atom is 0.0547 e. The fourth-order valence-corrected chi connectivity index (χ4v) is 8.91. The Kier molecular flexibility index (Phi) is 6.50. The van der Waals surface area contributed by atoms with Crippen LogP contribution in [0.1, 0.15) is 22.3 Å². The van der Waals surface area contributed by atoms with E-state index in [0.717, 1.165) is 12.0 Å². The molecule has 0 atom stereocenters. The Hall–Kier alpha value is -6.90. The lowest BCUT2D eigenvalue weighted by Crippen LogP contribution is -1.98. The van der Waals surface area contributed by atoms with E-state index in [1.165, 1.54) is 99.5 Å². The van der Waals surface area contributed by atoms with Gasteiger partial charge in [-0.3, -0.25) is 0 Å². The molecule has 0 spiro atoms. The SMILES string of the molecule is C=C1c2ccccc2-c2cccc(Cc3cccc(-n4c5ccccc5c5cc(-c6ccc7c8ccccc8n(-c8ccccc8)c7c6)ccc54)c3)c21. The van der Waals surface area contributed by atoms with Gasteiger partial charge < -0.3 is 9.13 Å². The molecular formula is C51H34N2. The van der Waals surface area contributed by atoms with Crippen LogP contribution in [0, 0.1) is 0 Å². The third-order valence-corrected chi connectivity index (χ3v) is 11.3. The average molecular weight is 675 g/mol. The lowest BCUT2D eigenvalue weighted by Gasteiger charge is -2.13. The normalized spacial score (nSPS) is 12.3. The van der Waals surface area contributed by atoms with Crippen LogP contribution in [0.25, 0.3) is 82.8 Å². The second kappa shape index (κ2) is 11.6. The molecule has 0 aliphatic heterocycles. The van der Waals surface area contributed by atoms with E-state index in [1.54, 1.807) is 0 Å². The summed E-state index contributed by atoms with van der Waals surface area (Å²) in [6, 6.07) is 66.5. The standard InChI is InChI=1S/C51H34N2/c1-33-40-18-5-6-19-41(40)45-22-12-14-37(51(33)45)29-34-13-11-17-39(30-34)53-48-24-10-8-21-43(48)46-31-35(26-28-49(46)53)36-25-27-44-42-20-7-9-23-47(42)52(50(44)32-36)38-15-3-2-4-16-38/h2-28,30-32H,1,29H2. The fraction of sp³-hybridized carbons (Fsp3) is 0.0196. The van der Waals surface area contributed by atoms with Gasteiger partial charge in [0.25, 0.3) is 0 Å². The highest BCUT2D eigenvalue weighted by Gasteiger charge is 2.24. The third kappa shape index (κ3) is 4.52. The van der Waals surface area contributed by atoms with E-state index in [0.29, 0.717) is 0 Å².